The maximum Gasteiger partial charge on any atom is 0.271 e. The third-order valence-corrected chi connectivity index (χ3v) is 2.68. The van der Waals surface area contributed by atoms with Gasteiger partial charge in [-0.3, -0.25) is 4.79 Å². The number of rotatable bonds is 4. The van der Waals surface area contributed by atoms with E-state index >= 15 is 0 Å². The number of carbonyl (C=O) groups excluding carboxylic acids is 1. The van der Waals surface area contributed by atoms with E-state index in [4.69, 9.17) is 5.73 Å². The summed E-state index contributed by atoms with van der Waals surface area (Å²) in [7, 11) is 0. The molecule has 15 heavy (non-hydrogen) atoms. The fourth-order valence-electron chi connectivity index (χ4n) is 1.75. The van der Waals surface area contributed by atoms with Crippen LogP contribution in [0.1, 0.15) is 48.8 Å². The highest BCUT2D eigenvalue weighted by Gasteiger charge is 2.26. The molecule has 1 aromatic heterocycles. The summed E-state index contributed by atoms with van der Waals surface area (Å²) in [6.07, 6.45) is 2.51. The molecule has 0 unspecified atom stereocenters. The van der Waals surface area contributed by atoms with Gasteiger partial charge in [-0.05, 0) is 24.7 Å². The second kappa shape index (κ2) is 3.64. The molecule has 2 rings (SSSR count). The maximum absolute atomic E-state index is 11.1. The SMILES string of the molecule is CC(C)c1c(C(N)=O)nnn1CC1CC1. The number of nitrogens with zero attached hydrogens (tertiary/aromatic N) is 3. The molecule has 5 heteroatoms. The molecule has 0 saturated heterocycles. The molecule has 0 atom stereocenters. The van der Waals surface area contributed by atoms with Gasteiger partial charge in [0.2, 0.25) is 0 Å². The average molecular weight is 208 g/mol. The Morgan fingerprint density at radius 2 is 2.27 bits per heavy atom. The first-order valence-electron chi connectivity index (χ1n) is 5.32. The third kappa shape index (κ3) is 2.00. The summed E-state index contributed by atoms with van der Waals surface area (Å²) in [4.78, 5) is 11.1. The molecule has 0 aliphatic heterocycles. The van der Waals surface area contributed by atoms with Crippen LogP contribution in [0.25, 0.3) is 0 Å². The van der Waals surface area contributed by atoms with Crippen molar-refractivity contribution < 1.29 is 4.79 Å². The van der Waals surface area contributed by atoms with E-state index in [2.05, 4.69) is 10.3 Å². The van der Waals surface area contributed by atoms with Gasteiger partial charge in [-0.1, -0.05) is 19.1 Å². The summed E-state index contributed by atoms with van der Waals surface area (Å²) in [5, 5.41) is 7.86. The molecule has 0 radical (unpaired) electrons. The summed E-state index contributed by atoms with van der Waals surface area (Å²) >= 11 is 0. The second-order valence-corrected chi connectivity index (χ2v) is 4.47. The molecule has 82 valence electrons. The molecule has 1 aromatic rings. The van der Waals surface area contributed by atoms with E-state index in [1.54, 1.807) is 0 Å². The molecule has 0 bridgehead atoms. The number of amides is 1. The van der Waals surface area contributed by atoms with E-state index in [1.165, 1.54) is 12.8 Å². The van der Waals surface area contributed by atoms with Gasteiger partial charge in [0.1, 0.15) is 0 Å². The summed E-state index contributed by atoms with van der Waals surface area (Å²) < 4.78 is 1.84. The Morgan fingerprint density at radius 3 is 2.73 bits per heavy atom. The predicted octanol–water partition coefficient (Wildman–Crippen LogP) is 0.910. The number of primary amides is 1. The highest BCUT2D eigenvalue weighted by molar-refractivity contribution is 5.91. The Hall–Kier alpha value is -1.39. The predicted molar refractivity (Wildman–Crippen MR) is 55.4 cm³/mol. The number of carbonyl (C=O) groups is 1. The van der Waals surface area contributed by atoms with E-state index in [1.807, 2.05) is 18.5 Å². The molecule has 2 N–H and O–H groups in total. The van der Waals surface area contributed by atoms with Crippen molar-refractivity contribution in [3.63, 3.8) is 0 Å². The van der Waals surface area contributed by atoms with E-state index in [0.717, 1.165) is 12.2 Å². The monoisotopic (exact) mass is 208 g/mol. The average Bonchev–Trinajstić information content (AvgIpc) is 2.82. The fraction of sp³-hybridized carbons (Fsp3) is 0.700. The molecule has 0 aromatic carbocycles. The van der Waals surface area contributed by atoms with Crippen molar-refractivity contribution >= 4 is 5.91 Å². The zero-order valence-corrected chi connectivity index (χ0v) is 9.10. The number of hydrogen-bond donors (Lipinski definition) is 1. The quantitative estimate of drug-likeness (QED) is 0.799. The lowest BCUT2D eigenvalue weighted by molar-refractivity contribution is 0.0994. The minimum atomic E-state index is -0.485. The highest BCUT2D eigenvalue weighted by Crippen LogP contribution is 2.31. The van der Waals surface area contributed by atoms with Crippen LogP contribution in [0.2, 0.25) is 0 Å². The molecule has 5 nitrogen and oxygen atoms in total. The van der Waals surface area contributed by atoms with Gasteiger partial charge in [0.25, 0.3) is 5.91 Å². The summed E-state index contributed by atoms with van der Waals surface area (Å²) in [6.45, 7) is 4.91. The summed E-state index contributed by atoms with van der Waals surface area (Å²) in [5.74, 6) is 0.451. The normalized spacial score (nSPS) is 15.9. The van der Waals surface area contributed by atoms with E-state index in [0.29, 0.717) is 11.6 Å². The van der Waals surface area contributed by atoms with E-state index in [9.17, 15) is 4.79 Å². The van der Waals surface area contributed by atoms with Gasteiger partial charge in [-0.2, -0.15) is 0 Å². The van der Waals surface area contributed by atoms with Crippen LogP contribution in [-0.4, -0.2) is 20.9 Å². The van der Waals surface area contributed by atoms with Gasteiger partial charge in [0.15, 0.2) is 5.69 Å². The largest absolute Gasteiger partial charge is 0.364 e. The fourth-order valence-corrected chi connectivity index (χ4v) is 1.75. The zero-order chi connectivity index (χ0) is 11.0. The van der Waals surface area contributed by atoms with Crippen molar-refractivity contribution in [3.05, 3.63) is 11.4 Å². The molecular formula is C10H16N4O. The van der Waals surface area contributed by atoms with Gasteiger partial charge < -0.3 is 5.73 Å². The minimum absolute atomic E-state index is 0.223. The van der Waals surface area contributed by atoms with Gasteiger partial charge in [0, 0.05) is 6.54 Å². The van der Waals surface area contributed by atoms with Gasteiger partial charge >= 0.3 is 0 Å². The molecular weight excluding hydrogens is 192 g/mol. The van der Waals surface area contributed by atoms with Gasteiger partial charge in [0.05, 0.1) is 5.69 Å². The standard InChI is InChI=1S/C10H16N4O/c1-6(2)9-8(10(11)15)12-13-14(9)5-7-3-4-7/h6-7H,3-5H2,1-2H3,(H2,11,15). The number of nitrogens with two attached hydrogens (primary N) is 1. The molecule has 1 saturated carbocycles. The van der Waals surface area contributed by atoms with Crippen LogP contribution in [0.15, 0.2) is 0 Å². The van der Waals surface area contributed by atoms with Crippen molar-refractivity contribution in [2.45, 2.75) is 39.2 Å². The van der Waals surface area contributed by atoms with Gasteiger partial charge in [-0.25, -0.2) is 4.68 Å². The number of aromatic nitrogens is 3. The Morgan fingerprint density at radius 1 is 1.60 bits per heavy atom. The van der Waals surface area contributed by atoms with E-state index in [-0.39, 0.29) is 5.92 Å². The first-order valence-corrected chi connectivity index (χ1v) is 5.32. The third-order valence-electron chi connectivity index (χ3n) is 2.68. The van der Waals surface area contributed by atoms with Crippen molar-refractivity contribution in [1.29, 1.82) is 0 Å². The highest BCUT2D eigenvalue weighted by atomic mass is 16.1. The second-order valence-electron chi connectivity index (χ2n) is 4.47. The smallest absolute Gasteiger partial charge is 0.271 e. The minimum Gasteiger partial charge on any atom is -0.364 e. The van der Waals surface area contributed by atoms with Gasteiger partial charge in [-0.15, -0.1) is 5.10 Å². The molecule has 0 spiro atoms. The lowest BCUT2D eigenvalue weighted by Gasteiger charge is -2.09. The summed E-state index contributed by atoms with van der Waals surface area (Å²) in [6, 6.07) is 0. The van der Waals surface area contributed by atoms with Crippen LogP contribution in [0, 0.1) is 5.92 Å². The Bertz CT molecular complexity index is 379. The lowest BCUT2D eigenvalue weighted by atomic mass is 10.1. The zero-order valence-electron chi connectivity index (χ0n) is 9.10. The number of hydrogen-bond acceptors (Lipinski definition) is 3. The van der Waals surface area contributed by atoms with E-state index < -0.39 is 5.91 Å². The lowest BCUT2D eigenvalue weighted by Crippen LogP contribution is -2.16. The first-order chi connectivity index (χ1) is 7.09. The molecule has 1 aliphatic carbocycles. The molecule has 1 heterocycles. The van der Waals surface area contributed by atoms with Crippen LogP contribution < -0.4 is 5.73 Å². The van der Waals surface area contributed by atoms with Crippen molar-refractivity contribution in [2.75, 3.05) is 0 Å². The molecule has 1 fully saturated rings. The Balaban J connectivity index is 2.31. The van der Waals surface area contributed by atoms with Crippen molar-refractivity contribution in [3.8, 4) is 0 Å². The van der Waals surface area contributed by atoms with Crippen LogP contribution in [0.4, 0.5) is 0 Å². The Kier molecular flexibility index (Phi) is 2.46. The maximum atomic E-state index is 11.1. The molecule has 1 amide bonds. The first kappa shape index (κ1) is 10.1. The van der Waals surface area contributed by atoms with Crippen LogP contribution in [-0.2, 0) is 6.54 Å². The van der Waals surface area contributed by atoms with Crippen LogP contribution in [0.3, 0.4) is 0 Å². The molecule has 1 aliphatic rings. The topological polar surface area (TPSA) is 73.8 Å². The van der Waals surface area contributed by atoms with Crippen LogP contribution >= 0.6 is 0 Å². The van der Waals surface area contributed by atoms with Crippen LogP contribution in [0.5, 0.6) is 0 Å². The van der Waals surface area contributed by atoms with Crippen molar-refractivity contribution in [2.24, 2.45) is 11.7 Å². The van der Waals surface area contributed by atoms with Crippen molar-refractivity contribution in [1.82, 2.24) is 15.0 Å². The summed E-state index contributed by atoms with van der Waals surface area (Å²) in [5.41, 5.74) is 6.45. The Labute approximate surface area is 88.6 Å².